The molecule has 0 aliphatic carbocycles. The second-order valence-electron chi connectivity index (χ2n) is 5.28. The van der Waals surface area contributed by atoms with Crippen LogP contribution in [0.4, 0.5) is 5.69 Å². The number of carbonyl (C=O) groups is 1. The van der Waals surface area contributed by atoms with Crippen molar-refractivity contribution in [3.05, 3.63) is 53.6 Å². The summed E-state index contributed by atoms with van der Waals surface area (Å²) >= 11 is 5.69. The van der Waals surface area contributed by atoms with Crippen LogP contribution in [0.3, 0.4) is 0 Å². The third-order valence-electron chi connectivity index (χ3n) is 3.67. The van der Waals surface area contributed by atoms with Crippen LogP contribution in [0.15, 0.2) is 42.5 Å². The molecule has 4 nitrogen and oxygen atoms in total. The second-order valence-corrected chi connectivity index (χ2v) is 5.65. The van der Waals surface area contributed by atoms with Crippen molar-refractivity contribution in [3.63, 3.8) is 0 Å². The Kier molecular flexibility index (Phi) is 5.03. The third-order valence-corrected chi connectivity index (χ3v) is 3.82. The number of ether oxygens (including phenoxy) is 2. The Bertz CT molecular complexity index is 688. The number of nitrogens with one attached hydrogen (secondary N) is 1. The SMILES string of the molecule is O=C1CCc2c(OCCCl)ccc(OCc3ccccc3)c2N1. The predicted molar refractivity (Wildman–Crippen MR) is 90.4 cm³/mol. The van der Waals surface area contributed by atoms with E-state index >= 15 is 0 Å². The molecule has 0 saturated heterocycles. The van der Waals surface area contributed by atoms with Crippen LogP contribution in [0.5, 0.6) is 11.5 Å². The van der Waals surface area contributed by atoms with Crippen molar-refractivity contribution in [2.75, 3.05) is 17.8 Å². The molecular weight excluding hydrogens is 314 g/mol. The van der Waals surface area contributed by atoms with Crippen LogP contribution in [0, 0.1) is 0 Å². The van der Waals surface area contributed by atoms with E-state index < -0.39 is 0 Å². The first kappa shape index (κ1) is 15.7. The number of anilines is 1. The smallest absolute Gasteiger partial charge is 0.224 e. The summed E-state index contributed by atoms with van der Waals surface area (Å²) in [6.07, 6.45) is 1.09. The van der Waals surface area contributed by atoms with Gasteiger partial charge in [0.1, 0.15) is 24.7 Å². The summed E-state index contributed by atoms with van der Waals surface area (Å²) in [6, 6.07) is 13.6. The van der Waals surface area contributed by atoms with E-state index in [0.717, 1.165) is 16.9 Å². The number of hydrogen-bond acceptors (Lipinski definition) is 3. The zero-order valence-electron chi connectivity index (χ0n) is 12.7. The Balaban J connectivity index is 1.83. The van der Waals surface area contributed by atoms with Crippen LogP contribution in [-0.4, -0.2) is 18.4 Å². The van der Waals surface area contributed by atoms with Crippen molar-refractivity contribution in [2.24, 2.45) is 0 Å². The Morgan fingerprint density at radius 1 is 1.00 bits per heavy atom. The maximum atomic E-state index is 11.7. The van der Waals surface area contributed by atoms with Gasteiger partial charge < -0.3 is 14.8 Å². The lowest BCUT2D eigenvalue weighted by Crippen LogP contribution is -2.20. The summed E-state index contributed by atoms with van der Waals surface area (Å²) in [6.45, 7) is 0.886. The lowest BCUT2D eigenvalue weighted by Gasteiger charge is -2.23. The third kappa shape index (κ3) is 3.77. The summed E-state index contributed by atoms with van der Waals surface area (Å²) < 4.78 is 11.6. The molecule has 1 aliphatic heterocycles. The van der Waals surface area contributed by atoms with Crippen LogP contribution in [0.1, 0.15) is 17.5 Å². The van der Waals surface area contributed by atoms with Gasteiger partial charge in [0.15, 0.2) is 0 Å². The lowest BCUT2D eigenvalue weighted by atomic mass is 10.0. The molecular formula is C18H18ClNO3. The summed E-state index contributed by atoms with van der Waals surface area (Å²) in [5.74, 6) is 1.84. The lowest BCUT2D eigenvalue weighted by molar-refractivity contribution is -0.116. The largest absolute Gasteiger partial charge is 0.492 e. The Hall–Kier alpha value is -2.20. The molecule has 3 rings (SSSR count). The van der Waals surface area contributed by atoms with E-state index in [-0.39, 0.29) is 5.91 Å². The molecule has 2 aromatic carbocycles. The van der Waals surface area contributed by atoms with Gasteiger partial charge in [-0.1, -0.05) is 30.3 Å². The number of halogens is 1. The second kappa shape index (κ2) is 7.38. The number of amides is 1. The molecule has 0 radical (unpaired) electrons. The zero-order valence-corrected chi connectivity index (χ0v) is 13.4. The van der Waals surface area contributed by atoms with Crippen molar-refractivity contribution in [2.45, 2.75) is 19.4 Å². The average molecular weight is 332 g/mol. The molecule has 0 unspecified atom stereocenters. The molecule has 1 heterocycles. The molecule has 1 amide bonds. The van der Waals surface area contributed by atoms with Crippen molar-refractivity contribution < 1.29 is 14.3 Å². The van der Waals surface area contributed by atoms with E-state index in [4.69, 9.17) is 21.1 Å². The maximum Gasteiger partial charge on any atom is 0.224 e. The number of carbonyl (C=O) groups excluding carboxylic acids is 1. The summed E-state index contributed by atoms with van der Waals surface area (Å²) in [5.41, 5.74) is 2.76. The van der Waals surface area contributed by atoms with Gasteiger partial charge in [-0.05, 0) is 24.1 Å². The topological polar surface area (TPSA) is 47.6 Å². The number of benzene rings is 2. The normalized spacial score (nSPS) is 13.2. The van der Waals surface area contributed by atoms with Crippen molar-refractivity contribution in [3.8, 4) is 11.5 Å². The molecule has 1 N–H and O–H groups in total. The zero-order chi connectivity index (χ0) is 16.1. The summed E-state index contributed by atoms with van der Waals surface area (Å²) in [4.78, 5) is 11.7. The molecule has 0 aromatic heterocycles. The minimum Gasteiger partial charge on any atom is -0.492 e. The molecule has 0 atom stereocenters. The van der Waals surface area contributed by atoms with Crippen molar-refractivity contribution in [1.82, 2.24) is 0 Å². The Labute approximate surface area is 140 Å². The number of rotatable bonds is 6. The maximum absolute atomic E-state index is 11.7. The number of hydrogen-bond donors (Lipinski definition) is 1. The number of alkyl halides is 1. The van der Waals surface area contributed by atoms with Crippen molar-refractivity contribution in [1.29, 1.82) is 0 Å². The summed E-state index contributed by atoms with van der Waals surface area (Å²) in [5, 5.41) is 2.90. The molecule has 0 fully saturated rings. The van der Waals surface area contributed by atoms with Crippen LogP contribution in [0.2, 0.25) is 0 Å². The standard InChI is InChI=1S/C18H18ClNO3/c19-10-11-22-15-7-8-16(18-14(15)6-9-17(21)20-18)23-12-13-4-2-1-3-5-13/h1-5,7-8H,6,9-12H2,(H,20,21). The molecule has 5 heteroatoms. The average Bonchev–Trinajstić information content (AvgIpc) is 2.59. The van der Waals surface area contributed by atoms with E-state index in [9.17, 15) is 4.79 Å². The van der Waals surface area contributed by atoms with E-state index in [0.29, 0.717) is 43.4 Å². The minimum absolute atomic E-state index is 0.00319. The molecule has 1 aliphatic rings. The van der Waals surface area contributed by atoms with Gasteiger partial charge in [0, 0.05) is 12.0 Å². The van der Waals surface area contributed by atoms with Crippen LogP contribution >= 0.6 is 11.6 Å². The van der Waals surface area contributed by atoms with Gasteiger partial charge in [0.2, 0.25) is 5.91 Å². The van der Waals surface area contributed by atoms with Gasteiger partial charge in [0.25, 0.3) is 0 Å². The highest BCUT2D eigenvalue weighted by Gasteiger charge is 2.22. The highest BCUT2D eigenvalue weighted by Crippen LogP contribution is 2.39. The predicted octanol–water partition coefficient (Wildman–Crippen LogP) is 3.77. The van der Waals surface area contributed by atoms with E-state index in [1.165, 1.54) is 0 Å². The van der Waals surface area contributed by atoms with Gasteiger partial charge in [-0.3, -0.25) is 4.79 Å². The van der Waals surface area contributed by atoms with E-state index in [2.05, 4.69) is 5.32 Å². The fourth-order valence-electron chi connectivity index (χ4n) is 2.57. The Morgan fingerprint density at radius 3 is 2.57 bits per heavy atom. The van der Waals surface area contributed by atoms with Gasteiger partial charge in [0.05, 0.1) is 11.6 Å². The first-order valence-corrected chi connectivity index (χ1v) is 8.12. The Morgan fingerprint density at radius 2 is 1.78 bits per heavy atom. The monoisotopic (exact) mass is 331 g/mol. The van der Waals surface area contributed by atoms with Crippen LogP contribution in [-0.2, 0) is 17.8 Å². The fourth-order valence-corrected chi connectivity index (χ4v) is 2.65. The van der Waals surface area contributed by atoms with Crippen LogP contribution < -0.4 is 14.8 Å². The number of fused-ring (bicyclic) bond motifs is 1. The molecule has 0 saturated carbocycles. The fraction of sp³-hybridized carbons (Fsp3) is 0.278. The highest BCUT2D eigenvalue weighted by atomic mass is 35.5. The first-order valence-electron chi connectivity index (χ1n) is 7.59. The van der Waals surface area contributed by atoms with Gasteiger partial charge in [-0.2, -0.15) is 0 Å². The van der Waals surface area contributed by atoms with E-state index in [1.807, 2.05) is 42.5 Å². The molecule has 2 aromatic rings. The minimum atomic E-state index is -0.00319. The molecule has 23 heavy (non-hydrogen) atoms. The van der Waals surface area contributed by atoms with Crippen LogP contribution in [0.25, 0.3) is 0 Å². The van der Waals surface area contributed by atoms with Gasteiger partial charge in [-0.25, -0.2) is 0 Å². The summed E-state index contributed by atoms with van der Waals surface area (Å²) in [7, 11) is 0. The van der Waals surface area contributed by atoms with Crippen molar-refractivity contribution >= 4 is 23.2 Å². The molecule has 0 bridgehead atoms. The quantitative estimate of drug-likeness (QED) is 0.820. The van der Waals surface area contributed by atoms with E-state index in [1.54, 1.807) is 0 Å². The first-order chi connectivity index (χ1) is 11.3. The molecule has 120 valence electrons. The molecule has 0 spiro atoms. The highest BCUT2D eigenvalue weighted by molar-refractivity contribution is 6.18. The van der Waals surface area contributed by atoms with Gasteiger partial charge in [-0.15, -0.1) is 11.6 Å². The van der Waals surface area contributed by atoms with Gasteiger partial charge >= 0.3 is 0 Å².